The fraction of sp³-hybridized carbons (Fsp3) is 0.150. The molecule has 7 heteroatoms. The zero-order chi connectivity index (χ0) is 18.2. The van der Waals surface area contributed by atoms with E-state index in [0.29, 0.717) is 34.1 Å². The first-order valence-corrected chi connectivity index (χ1v) is 9.14. The first-order valence-electron chi connectivity index (χ1n) is 8.73. The Morgan fingerprint density at radius 1 is 0.926 bits per heavy atom. The zero-order valence-corrected chi connectivity index (χ0v) is 15.1. The summed E-state index contributed by atoms with van der Waals surface area (Å²) in [5.41, 5.74) is 3.66. The maximum atomic E-state index is 5.56. The molecule has 1 fully saturated rings. The molecule has 0 aliphatic heterocycles. The van der Waals surface area contributed by atoms with Crippen molar-refractivity contribution >= 4 is 34.1 Å². The molecule has 27 heavy (non-hydrogen) atoms. The summed E-state index contributed by atoms with van der Waals surface area (Å²) in [6.07, 6.45) is 5.58. The van der Waals surface area contributed by atoms with Crippen LogP contribution in [0.2, 0.25) is 0 Å². The number of hydrogen-bond acceptors (Lipinski definition) is 5. The average molecular weight is 376 g/mol. The third kappa shape index (κ3) is 3.29. The maximum Gasteiger partial charge on any atom is 0.170 e. The second kappa shape index (κ2) is 6.51. The molecule has 0 amide bonds. The quantitative estimate of drug-likeness (QED) is 0.504. The Morgan fingerprint density at radius 3 is 2.19 bits per heavy atom. The van der Waals surface area contributed by atoms with Crippen LogP contribution in [0.4, 0.5) is 5.69 Å². The lowest BCUT2D eigenvalue weighted by Gasteiger charge is -2.11. The number of hydrogen-bond donors (Lipinski definition) is 2. The minimum absolute atomic E-state index is 0.506. The van der Waals surface area contributed by atoms with Crippen molar-refractivity contribution in [3.05, 3.63) is 55.0 Å². The second-order valence-corrected chi connectivity index (χ2v) is 6.86. The molecule has 4 aromatic rings. The molecular weight excluding hydrogens is 360 g/mol. The molecule has 1 aliphatic rings. The van der Waals surface area contributed by atoms with Crippen LogP contribution < -0.4 is 10.6 Å². The highest BCUT2D eigenvalue weighted by Crippen LogP contribution is 2.32. The van der Waals surface area contributed by atoms with E-state index < -0.39 is 0 Å². The van der Waals surface area contributed by atoms with Crippen LogP contribution in [-0.2, 0) is 0 Å². The lowest BCUT2D eigenvalue weighted by Crippen LogP contribution is -2.30. The number of nitrogens with zero attached hydrogens (tertiary/aromatic N) is 2. The van der Waals surface area contributed by atoms with Crippen molar-refractivity contribution in [1.29, 1.82) is 0 Å². The molecular formula is C20H16N4O2S. The number of fused-ring (bicyclic) bond motifs is 1. The number of aromatic nitrogens is 2. The Hall–Kier alpha value is -3.19. The van der Waals surface area contributed by atoms with Crippen LogP contribution in [0.15, 0.2) is 63.8 Å². The molecule has 3 heterocycles. The average Bonchev–Trinajstić information content (AvgIpc) is 3.15. The number of furan rings is 2. The highest BCUT2D eigenvalue weighted by atomic mass is 32.1. The Bertz CT molecular complexity index is 1100. The predicted molar refractivity (Wildman–Crippen MR) is 107 cm³/mol. The molecule has 1 aromatic carbocycles. The number of nitrogens with one attached hydrogen (secondary N) is 2. The van der Waals surface area contributed by atoms with Gasteiger partial charge in [0.2, 0.25) is 0 Å². The molecule has 0 bridgehead atoms. The molecule has 2 N–H and O–H groups in total. The van der Waals surface area contributed by atoms with Crippen LogP contribution >= 0.6 is 12.2 Å². The van der Waals surface area contributed by atoms with Crippen LogP contribution in [0.3, 0.4) is 0 Å². The SMILES string of the molecule is S=C(Nc1ccc2nc(-c3ccco3)c(-c3ccco3)nc2c1)NC1CC1. The van der Waals surface area contributed by atoms with Gasteiger partial charge in [-0.25, -0.2) is 9.97 Å². The van der Waals surface area contributed by atoms with Gasteiger partial charge in [-0.3, -0.25) is 0 Å². The Kier molecular flexibility index (Phi) is 3.86. The minimum atomic E-state index is 0.506. The minimum Gasteiger partial charge on any atom is -0.463 e. The molecule has 6 nitrogen and oxygen atoms in total. The summed E-state index contributed by atoms with van der Waals surface area (Å²) in [4.78, 5) is 9.55. The lowest BCUT2D eigenvalue weighted by molar-refractivity contribution is 0.572. The van der Waals surface area contributed by atoms with Crippen molar-refractivity contribution in [3.8, 4) is 22.9 Å². The van der Waals surface area contributed by atoms with Gasteiger partial charge in [-0.2, -0.15) is 0 Å². The van der Waals surface area contributed by atoms with Crippen molar-refractivity contribution in [2.75, 3.05) is 5.32 Å². The monoisotopic (exact) mass is 376 g/mol. The maximum absolute atomic E-state index is 5.56. The van der Waals surface area contributed by atoms with Gasteiger partial charge in [0, 0.05) is 11.7 Å². The molecule has 1 aliphatic carbocycles. The van der Waals surface area contributed by atoms with Gasteiger partial charge in [0.15, 0.2) is 16.6 Å². The molecule has 0 spiro atoms. The standard InChI is InChI=1S/C20H16N4O2S/c27-20(21-12-5-6-12)22-13-7-8-14-15(11-13)24-19(17-4-2-10-26-17)18(23-14)16-3-1-9-25-16/h1-4,7-12H,5-6H2,(H2,21,22,27). The zero-order valence-electron chi connectivity index (χ0n) is 14.3. The van der Waals surface area contributed by atoms with Crippen molar-refractivity contribution in [2.24, 2.45) is 0 Å². The third-order valence-electron chi connectivity index (χ3n) is 4.34. The lowest BCUT2D eigenvalue weighted by atomic mass is 10.1. The summed E-state index contributed by atoms with van der Waals surface area (Å²) < 4.78 is 11.1. The van der Waals surface area contributed by atoms with E-state index in [9.17, 15) is 0 Å². The van der Waals surface area contributed by atoms with E-state index in [-0.39, 0.29) is 0 Å². The highest BCUT2D eigenvalue weighted by Gasteiger charge is 2.22. The highest BCUT2D eigenvalue weighted by molar-refractivity contribution is 7.80. The molecule has 0 saturated heterocycles. The molecule has 134 valence electrons. The topological polar surface area (TPSA) is 76.1 Å². The number of thiocarbonyl (C=S) groups is 1. The normalized spacial score (nSPS) is 13.6. The van der Waals surface area contributed by atoms with E-state index in [1.807, 2.05) is 42.5 Å². The van der Waals surface area contributed by atoms with E-state index >= 15 is 0 Å². The largest absolute Gasteiger partial charge is 0.463 e. The Morgan fingerprint density at radius 2 is 1.59 bits per heavy atom. The van der Waals surface area contributed by atoms with Gasteiger partial charge in [-0.15, -0.1) is 0 Å². The van der Waals surface area contributed by atoms with Gasteiger partial charge < -0.3 is 19.5 Å². The van der Waals surface area contributed by atoms with Crippen LogP contribution in [-0.4, -0.2) is 21.1 Å². The number of rotatable bonds is 4. The third-order valence-corrected chi connectivity index (χ3v) is 4.56. The summed E-state index contributed by atoms with van der Waals surface area (Å²) in [5, 5.41) is 7.11. The molecule has 0 radical (unpaired) electrons. The summed E-state index contributed by atoms with van der Waals surface area (Å²) in [5.74, 6) is 1.29. The van der Waals surface area contributed by atoms with Gasteiger partial charge in [-0.1, -0.05) is 0 Å². The van der Waals surface area contributed by atoms with Gasteiger partial charge in [-0.05, 0) is 67.5 Å². The first-order chi connectivity index (χ1) is 13.3. The van der Waals surface area contributed by atoms with Crippen molar-refractivity contribution < 1.29 is 8.83 Å². The van der Waals surface area contributed by atoms with E-state index in [1.54, 1.807) is 12.5 Å². The number of benzene rings is 1. The molecule has 1 saturated carbocycles. The molecule has 0 atom stereocenters. The van der Waals surface area contributed by atoms with Gasteiger partial charge in [0.1, 0.15) is 11.4 Å². The summed E-state index contributed by atoms with van der Waals surface area (Å²) in [6.45, 7) is 0. The van der Waals surface area contributed by atoms with Crippen LogP contribution in [0.1, 0.15) is 12.8 Å². The van der Waals surface area contributed by atoms with E-state index in [0.717, 1.165) is 16.7 Å². The smallest absolute Gasteiger partial charge is 0.170 e. The Labute approximate surface area is 160 Å². The van der Waals surface area contributed by atoms with Gasteiger partial charge in [0.25, 0.3) is 0 Å². The first kappa shape index (κ1) is 16.0. The fourth-order valence-electron chi connectivity index (χ4n) is 2.88. The molecule has 0 unspecified atom stereocenters. The number of anilines is 1. The van der Waals surface area contributed by atoms with Crippen LogP contribution in [0.5, 0.6) is 0 Å². The van der Waals surface area contributed by atoms with E-state index in [2.05, 4.69) is 10.6 Å². The summed E-state index contributed by atoms with van der Waals surface area (Å²) in [6, 6.07) is 13.7. The van der Waals surface area contributed by atoms with E-state index in [1.165, 1.54) is 12.8 Å². The van der Waals surface area contributed by atoms with Crippen molar-refractivity contribution in [2.45, 2.75) is 18.9 Å². The van der Waals surface area contributed by atoms with E-state index in [4.69, 9.17) is 31.0 Å². The van der Waals surface area contributed by atoms with Gasteiger partial charge >= 0.3 is 0 Å². The van der Waals surface area contributed by atoms with Crippen LogP contribution in [0.25, 0.3) is 33.9 Å². The predicted octanol–water partition coefficient (Wildman–Crippen LogP) is 4.60. The van der Waals surface area contributed by atoms with Crippen molar-refractivity contribution in [3.63, 3.8) is 0 Å². The van der Waals surface area contributed by atoms with Crippen molar-refractivity contribution in [1.82, 2.24) is 15.3 Å². The van der Waals surface area contributed by atoms with Crippen LogP contribution in [0, 0.1) is 0 Å². The van der Waals surface area contributed by atoms with Gasteiger partial charge in [0.05, 0.1) is 23.6 Å². The molecule has 5 rings (SSSR count). The fourth-order valence-corrected chi connectivity index (χ4v) is 3.17. The molecule has 3 aromatic heterocycles. The summed E-state index contributed by atoms with van der Waals surface area (Å²) in [7, 11) is 0. The second-order valence-electron chi connectivity index (χ2n) is 6.45. The summed E-state index contributed by atoms with van der Waals surface area (Å²) >= 11 is 5.35. The Balaban J connectivity index is 1.56.